The molecule has 2 aromatic heterocycles. The first kappa shape index (κ1) is 23.3. The van der Waals surface area contributed by atoms with E-state index in [0.29, 0.717) is 14.5 Å². The molecule has 0 spiro atoms. The van der Waals surface area contributed by atoms with Crippen LogP contribution in [0.15, 0.2) is 71.6 Å². The second-order valence-electron chi connectivity index (χ2n) is 10.3. The van der Waals surface area contributed by atoms with Crippen molar-refractivity contribution in [3.63, 3.8) is 0 Å². The van der Waals surface area contributed by atoms with E-state index in [-0.39, 0.29) is 0 Å². The van der Waals surface area contributed by atoms with E-state index in [9.17, 15) is 0 Å². The predicted octanol–water partition coefficient (Wildman–Crippen LogP) is 10.7. The van der Waals surface area contributed by atoms with Gasteiger partial charge >= 0.3 is 207 Å². The summed E-state index contributed by atoms with van der Waals surface area (Å²) in [5, 5.41) is 10.5. The molecule has 0 atom stereocenters. The monoisotopic (exact) mass is 542 g/mol. The second-order valence-corrected chi connectivity index (χ2v) is 13.5. The number of hydrogen-bond donors (Lipinski definition) is 0. The maximum atomic E-state index is 2.49. The molecule has 3 aromatic carbocycles. The Hall–Kier alpha value is -2.12. The standard InChI is InChI=1S/C33H34SSe/c1-2-3-4-5-6-7-8-9-10-23-11-12-25(15-23)32-22-30-19-27-17-28-20-31-24(13-14-34-31)16-26(28)18-29(27)21-33(30)35-32/h11-14,16-22H,2-10,15H2,1H3. The Morgan fingerprint density at radius 2 is 1.37 bits per heavy atom. The molecule has 35 heavy (non-hydrogen) atoms. The summed E-state index contributed by atoms with van der Waals surface area (Å²) in [6.07, 6.45) is 18.5. The number of rotatable bonds is 10. The van der Waals surface area contributed by atoms with Gasteiger partial charge in [-0.3, -0.25) is 0 Å². The van der Waals surface area contributed by atoms with Crippen LogP contribution in [0, 0.1) is 0 Å². The number of thiophene rings is 1. The molecule has 0 fully saturated rings. The molecular formula is C33H34SSe. The molecule has 0 amide bonds. The number of fused-ring (bicyclic) bond motifs is 4. The van der Waals surface area contributed by atoms with Crippen molar-refractivity contribution in [1.82, 2.24) is 0 Å². The molecule has 6 rings (SSSR count). The number of hydrogen-bond acceptors (Lipinski definition) is 1. The molecule has 0 aliphatic heterocycles. The van der Waals surface area contributed by atoms with Crippen molar-refractivity contribution in [3.8, 4) is 0 Å². The summed E-state index contributed by atoms with van der Waals surface area (Å²) in [6.45, 7) is 2.30. The SMILES string of the molecule is CCCCCCCCCCC1=CC=C(c2cc3cc4cc5cc6sccc6cc5cc4cc3[se]2)C1. The average Bonchev–Trinajstić information content (AvgIpc) is 3.60. The molecule has 178 valence electrons. The van der Waals surface area contributed by atoms with E-state index >= 15 is 0 Å². The molecule has 1 aliphatic rings. The molecule has 0 saturated heterocycles. The quantitative estimate of drug-likeness (QED) is 0.0937. The van der Waals surface area contributed by atoms with E-state index in [0.717, 1.165) is 0 Å². The molecule has 2 heterocycles. The first-order chi connectivity index (χ1) is 17.3. The molecule has 2 heteroatoms. The Bertz CT molecular complexity index is 1470. The Balaban J connectivity index is 1.12. The molecular weight excluding hydrogens is 507 g/mol. The van der Waals surface area contributed by atoms with Gasteiger partial charge in [0.2, 0.25) is 0 Å². The fraction of sp³-hybridized carbons (Fsp3) is 0.333. The third kappa shape index (κ3) is 5.08. The van der Waals surface area contributed by atoms with Crippen LogP contribution in [-0.2, 0) is 0 Å². The van der Waals surface area contributed by atoms with Gasteiger partial charge in [-0.25, -0.2) is 0 Å². The second kappa shape index (κ2) is 10.5. The van der Waals surface area contributed by atoms with Crippen molar-refractivity contribution < 1.29 is 0 Å². The van der Waals surface area contributed by atoms with Crippen LogP contribution in [0.5, 0.6) is 0 Å². The van der Waals surface area contributed by atoms with Crippen LogP contribution in [0.1, 0.15) is 75.6 Å². The fourth-order valence-electron chi connectivity index (χ4n) is 5.56. The zero-order chi connectivity index (χ0) is 23.6. The Morgan fingerprint density at radius 1 is 0.686 bits per heavy atom. The number of benzene rings is 3. The molecule has 0 N–H and O–H groups in total. The van der Waals surface area contributed by atoms with Crippen molar-refractivity contribution in [3.05, 3.63) is 76.1 Å². The van der Waals surface area contributed by atoms with Crippen LogP contribution in [0.25, 0.3) is 46.9 Å². The van der Waals surface area contributed by atoms with Gasteiger partial charge in [-0.1, -0.05) is 13.3 Å². The van der Waals surface area contributed by atoms with Gasteiger partial charge in [-0.15, -0.1) is 0 Å². The average molecular weight is 542 g/mol. The summed E-state index contributed by atoms with van der Waals surface area (Å²) in [5.74, 6) is 0. The Labute approximate surface area is 219 Å². The van der Waals surface area contributed by atoms with Gasteiger partial charge < -0.3 is 0 Å². The van der Waals surface area contributed by atoms with Crippen molar-refractivity contribution in [2.75, 3.05) is 0 Å². The van der Waals surface area contributed by atoms with Crippen LogP contribution in [0.2, 0.25) is 0 Å². The van der Waals surface area contributed by atoms with Gasteiger partial charge in [-0.05, 0) is 0 Å². The molecule has 0 nitrogen and oxygen atoms in total. The first-order valence-corrected chi connectivity index (χ1v) is 16.0. The number of allylic oxidation sites excluding steroid dienone is 4. The van der Waals surface area contributed by atoms with Crippen LogP contribution in [0.4, 0.5) is 0 Å². The van der Waals surface area contributed by atoms with Gasteiger partial charge in [0.05, 0.1) is 0 Å². The summed E-state index contributed by atoms with van der Waals surface area (Å²) < 4.78 is 4.52. The van der Waals surface area contributed by atoms with Crippen LogP contribution < -0.4 is 0 Å². The van der Waals surface area contributed by atoms with E-state index in [1.54, 1.807) is 19.8 Å². The van der Waals surface area contributed by atoms with Crippen molar-refractivity contribution in [1.29, 1.82) is 0 Å². The minimum atomic E-state index is 0.420. The first-order valence-electron chi connectivity index (χ1n) is 13.4. The minimum absolute atomic E-state index is 0.420. The zero-order valence-corrected chi connectivity index (χ0v) is 23.3. The molecule has 0 radical (unpaired) electrons. The third-order valence-electron chi connectivity index (χ3n) is 7.61. The molecule has 5 aromatic rings. The van der Waals surface area contributed by atoms with Gasteiger partial charge in [-0.2, -0.15) is 0 Å². The van der Waals surface area contributed by atoms with Crippen molar-refractivity contribution >= 4 is 72.7 Å². The summed E-state index contributed by atoms with van der Waals surface area (Å²) in [7, 11) is 0. The summed E-state index contributed by atoms with van der Waals surface area (Å²) in [6, 6.07) is 19.1. The maximum absolute atomic E-state index is 2.49. The molecule has 1 aliphatic carbocycles. The zero-order valence-electron chi connectivity index (χ0n) is 20.7. The third-order valence-corrected chi connectivity index (χ3v) is 10.9. The van der Waals surface area contributed by atoms with E-state index < -0.39 is 0 Å². The van der Waals surface area contributed by atoms with Crippen molar-refractivity contribution in [2.24, 2.45) is 0 Å². The van der Waals surface area contributed by atoms with E-state index in [1.807, 2.05) is 11.3 Å². The normalized spacial score (nSPS) is 14.0. The fourth-order valence-corrected chi connectivity index (χ4v) is 8.72. The van der Waals surface area contributed by atoms with E-state index in [2.05, 4.69) is 73.0 Å². The Morgan fingerprint density at radius 3 is 2.20 bits per heavy atom. The molecule has 0 saturated carbocycles. The summed E-state index contributed by atoms with van der Waals surface area (Å²) in [5.41, 5.74) is 3.22. The number of unbranched alkanes of at least 4 members (excludes halogenated alkanes) is 7. The van der Waals surface area contributed by atoms with Crippen molar-refractivity contribution in [2.45, 2.75) is 71.1 Å². The Kier molecular flexibility index (Phi) is 6.97. The summed E-state index contributed by atoms with van der Waals surface area (Å²) in [4.78, 5) is 0. The predicted molar refractivity (Wildman–Crippen MR) is 159 cm³/mol. The topological polar surface area (TPSA) is 0 Å². The van der Waals surface area contributed by atoms with Gasteiger partial charge in [0, 0.05) is 0 Å². The van der Waals surface area contributed by atoms with Crippen LogP contribution in [-0.4, -0.2) is 14.5 Å². The van der Waals surface area contributed by atoms with Gasteiger partial charge in [0.1, 0.15) is 0 Å². The molecule has 0 unspecified atom stereocenters. The summed E-state index contributed by atoms with van der Waals surface area (Å²) >= 11 is 2.25. The van der Waals surface area contributed by atoms with Gasteiger partial charge in [0.15, 0.2) is 0 Å². The van der Waals surface area contributed by atoms with E-state index in [4.69, 9.17) is 0 Å². The van der Waals surface area contributed by atoms with E-state index in [1.165, 1.54) is 101 Å². The van der Waals surface area contributed by atoms with Crippen LogP contribution in [0.3, 0.4) is 0 Å². The molecule has 0 bridgehead atoms. The van der Waals surface area contributed by atoms with Gasteiger partial charge in [0.25, 0.3) is 0 Å². The van der Waals surface area contributed by atoms with Crippen LogP contribution >= 0.6 is 11.3 Å².